The fourth-order valence-corrected chi connectivity index (χ4v) is 3.53. The zero-order valence-corrected chi connectivity index (χ0v) is 15.4. The van der Waals surface area contributed by atoms with Gasteiger partial charge >= 0.3 is 0 Å². The normalized spacial score (nSPS) is 26.6. The summed E-state index contributed by atoms with van der Waals surface area (Å²) in [5, 5.41) is 20.9. The highest BCUT2D eigenvalue weighted by Crippen LogP contribution is 2.50. The van der Waals surface area contributed by atoms with Gasteiger partial charge < -0.3 is 15.1 Å². The van der Waals surface area contributed by atoms with Gasteiger partial charge in [-0.1, -0.05) is 27.7 Å². The van der Waals surface area contributed by atoms with Gasteiger partial charge in [-0.2, -0.15) is 0 Å². The van der Waals surface area contributed by atoms with Crippen molar-refractivity contribution in [3.05, 3.63) is 29.6 Å². The first-order valence-electron chi connectivity index (χ1n) is 8.50. The number of aromatic hydroxyl groups is 1. The predicted molar refractivity (Wildman–Crippen MR) is 93.0 cm³/mol. The summed E-state index contributed by atoms with van der Waals surface area (Å²) in [4.78, 5) is 2.03. The van der Waals surface area contributed by atoms with Crippen LogP contribution in [0, 0.1) is 17.2 Å². The molecule has 0 aliphatic heterocycles. The van der Waals surface area contributed by atoms with Gasteiger partial charge in [0, 0.05) is 18.0 Å². The Bertz CT molecular complexity index is 516. The molecule has 1 saturated carbocycles. The molecule has 132 valence electrons. The zero-order valence-electron chi connectivity index (χ0n) is 15.4. The highest BCUT2D eigenvalue weighted by molar-refractivity contribution is 5.34. The van der Waals surface area contributed by atoms with Gasteiger partial charge in [0.15, 0.2) is 0 Å². The molecule has 23 heavy (non-hydrogen) atoms. The average Bonchev–Trinajstić information content (AvgIpc) is 2.47. The number of rotatable bonds is 3. The Morgan fingerprint density at radius 2 is 1.83 bits per heavy atom. The van der Waals surface area contributed by atoms with Gasteiger partial charge in [-0.3, -0.25) is 0 Å². The van der Waals surface area contributed by atoms with E-state index in [1.54, 1.807) is 0 Å². The molecule has 0 bridgehead atoms. The first kappa shape index (κ1) is 19.9. The van der Waals surface area contributed by atoms with Crippen LogP contribution in [0.5, 0.6) is 5.75 Å². The molecule has 0 amide bonds. The van der Waals surface area contributed by atoms with E-state index in [9.17, 15) is 14.6 Å². The second kappa shape index (κ2) is 7.63. The molecule has 0 spiro atoms. The molecule has 3 nitrogen and oxygen atoms in total. The quantitative estimate of drug-likeness (QED) is 0.878. The van der Waals surface area contributed by atoms with E-state index < -0.39 is 11.4 Å². The molecule has 1 aliphatic carbocycles. The van der Waals surface area contributed by atoms with E-state index in [1.165, 1.54) is 18.2 Å². The summed E-state index contributed by atoms with van der Waals surface area (Å²) in [5.74, 6) is -0.514. The van der Waals surface area contributed by atoms with Crippen LogP contribution >= 0.6 is 0 Å². The SMILES string of the molecule is CC.CN(C)CC1CC(C)(C)CCC1(O)c1cc(O)ccc1F. The van der Waals surface area contributed by atoms with Gasteiger partial charge in [-0.15, -0.1) is 0 Å². The van der Waals surface area contributed by atoms with Crippen LogP contribution in [0.1, 0.15) is 52.5 Å². The zero-order chi connectivity index (χ0) is 17.8. The van der Waals surface area contributed by atoms with Gasteiger partial charge in [-0.25, -0.2) is 4.39 Å². The third-order valence-electron chi connectivity index (χ3n) is 4.66. The smallest absolute Gasteiger partial charge is 0.129 e. The minimum Gasteiger partial charge on any atom is -0.508 e. The summed E-state index contributed by atoms with van der Waals surface area (Å²) in [5.41, 5.74) is -0.854. The minimum absolute atomic E-state index is 0.00624. The van der Waals surface area contributed by atoms with Crippen molar-refractivity contribution in [2.24, 2.45) is 11.3 Å². The second-order valence-electron chi connectivity index (χ2n) is 7.42. The molecule has 2 rings (SSSR count). The molecule has 1 aromatic carbocycles. The largest absolute Gasteiger partial charge is 0.508 e. The maximum atomic E-state index is 14.2. The van der Waals surface area contributed by atoms with Crippen LogP contribution in [0.2, 0.25) is 0 Å². The number of hydrogen-bond acceptors (Lipinski definition) is 3. The van der Waals surface area contributed by atoms with E-state index in [0.717, 1.165) is 12.8 Å². The van der Waals surface area contributed by atoms with Crippen LogP contribution in [-0.4, -0.2) is 35.8 Å². The van der Waals surface area contributed by atoms with E-state index in [0.29, 0.717) is 13.0 Å². The van der Waals surface area contributed by atoms with Crippen LogP contribution in [0.15, 0.2) is 18.2 Å². The summed E-state index contributed by atoms with van der Waals surface area (Å²) in [6, 6.07) is 3.92. The summed E-state index contributed by atoms with van der Waals surface area (Å²) in [6.45, 7) is 9.07. The fourth-order valence-electron chi connectivity index (χ4n) is 3.53. The molecule has 0 aromatic heterocycles. The Kier molecular flexibility index (Phi) is 6.60. The van der Waals surface area contributed by atoms with Crippen LogP contribution in [-0.2, 0) is 5.60 Å². The number of hydrogen-bond donors (Lipinski definition) is 2. The lowest BCUT2D eigenvalue weighted by Crippen LogP contribution is -2.47. The fraction of sp³-hybridized carbons (Fsp3) is 0.684. The first-order valence-corrected chi connectivity index (χ1v) is 8.50. The molecule has 1 aliphatic rings. The molecule has 0 heterocycles. The number of nitrogens with zero attached hydrogens (tertiary/aromatic N) is 1. The molecule has 2 unspecified atom stereocenters. The molecule has 4 heteroatoms. The number of benzene rings is 1. The van der Waals surface area contributed by atoms with Crippen molar-refractivity contribution < 1.29 is 14.6 Å². The van der Waals surface area contributed by atoms with E-state index in [4.69, 9.17) is 0 Å². The first-order chi connectivity index (χ1) is 10.6. The third-order valence-corrected chi connectivity index (χ3v) is 4.66. The van der Waals surface area contributed by atoms with Crippen LogP contribution in [0.3, 0.4) is 0 Å². The van der Waals surface area contributed by atoms with Gasteiger partial charge in [0.2, 0.25) is 0 Å². The molecular formula is C19H32FNO2. The van der Waals surface area contributed by atoms with Crippen molar-refractivity contribution in [1.29, 1.82) is 0 Å². The molecule has 1 fully saturated rings. The van der Waals surface area contributed by atoms with Gasteiger partial charge in [0.05, 0.1) is 5.60 Å². The standard InChI is InChI=1S/C17H26FNO2.C2H6/c1-16(2)7-8-17(21,12(10-16)11-19(3)4)14-9-13(20)5-6-15(14)18;1-2/h5-6,9,12,20-21H,7-8,10-11H2,1-4H3;1-2H3. The van der Waals surface area contributed by atoms with Crippen molar-refractivity contribution in [3.63, 3.8) is 0 Å². The number of phenols is 1. The topological polar surface area (TPSA) is 43.7 Å². The highest BCUT2D eigenvalue weighted by Gasteiger charge is 2.47. The van der Waals surface area contributed by atoms with E-state index in [-0.39, 0.29) is 22.6 Å². The summed E-state index contributed by atoms with van der Waals surface area (Å²) >= 11 is 0. The van der Waals surface area contributed by atoms with Crippen molar-refractivity contribution in [2.75, 3.05) is 20.6 Å². The Morgan fingerprint density at radius 3 is 2.39 bits per heavy atom. The van der Waals surface area contributed by atoms with Crippen LogP contribution < -0.4 is 0 Å². The molecule has 2 N–H and O–H groups in total. The Balaban J connectivity index is 0.00000127. The number of halogens is 1. The second-order valence-corrected chi connectivity index (χ2v) is 7.42. The third kappa shape index (κ3) is 4.67. The van der Waals surface area contributed by atoms with Crippen LogP contribution in [0.25, 0.3) is 0 Å². The molecule has 2 atom stereocenters. The van der Waals surface area contributed by atoms with Crippen molar-refractivity contribution in [2.45, 2.75) is 52.6 Å². The molecule has 0 radical (unpaired) electrons. The minimum atomic E-state index is -1.22. The number of aliphatic hydroxyl groups is 1. The van der Waals surface area contributed by atoms with Crippen molar-refractivity contribution in [3.8, 4) is 5.75 Å². The summed E-state index contributed by atoms with van der Waals surface area (Å²) in [6.07, 6.45) is 2.18. The van der Waals surface area contributed by atoms with Crippen LogP contribution in [0.4, 0.5) is 4.39 Å². The summed E-state index contributed by atoms with van der Waals surface area (Å²) in [7, 11) is 3.92. The average molecular weight is 325 g/mol. The van der Waals surface area contributed by atoms with Crippen molar-refractivity contribution in [1.82, 2.24) is 4.90 Å². The Hall–Kier alpha value is -1.13. The maximum Gasteiger partial charge on any atom is 0.129 e. The Morgan fingerprint density at radius 1 is 1.22 bits per heavy atom. The molecule has 0 saturated heterocycles. The lowest BCUT2D eigenvalue weighted by atomic mass is 9.62. The lowest BCUT2D eigenvalue weighted by molar-refractivity contribution is -0.0927. The summed E-state index contributed by atoms with van der Waals surface area (Å²) < 4.78 is 14.2. The lowest BCUT2D eigenvalue weighted by Gasteiger charge is -2.47. The van der Waals surface area contributed by atoms with E-state index >= 15 is 0 Å². The van der Waals surface area contributed by atoms with E-state index in [1.807, 2.05) is 32.8 Å². The molecule has 1 aromatic rings. The maximum absolute atomic E-state index is 14.2. The van der Waals surface area contributed by atoms with Gasteiger partial charge in [-0.05, 0) is 57.0 Å². The monoisotopic (exact) mass is 325 g/mol. The van der Waals surface area contributed by atoms with Gasteiger partial charge in [0.25, 0.3) is 0 Å². The number of phenolic OH excluding ortho intramolecular Hbond substituents is 1. The predicted octanol–water partition coefficient (Wildman–Crippen LogP) is 4.13. The van der Waals surface area contributed by atoms with E-state index in [2.05, 4.69) is 13.8 Å². The molecular weight excluding hydrogens is 293 g/mol. The van der Waals surface area contributed by atoms with Crippen molar-refractivity contribution >= 4 is 0 Å². The highest BCUT2D eigenvalue weighted by atomic mass is 19.1. The van der Waals surface area contributed by atoms with Gasteiger partial charge in [0.1, 0.15) is 11.6 Å². The Labute approximate surface area is 140 Å².